The van der Waals surface area contributed by atoms with Crippen molar-refractivity contribution in [3.8, 4) is 0 Å². The third-order valence-electron chi connectivity index (χ3n) is 4.12. The van der Waals surface area contributed by atoms with Crippen LogP contribution in [0.2, 0.25) is 0 Å². The summed E-state index contributed by atoms with van der Waals surface area (Å²) in [6.45, 7) is 6.77. The van der Waals surface area contributed by atoms with Crippen LogP contribution in [0.5, 0.6) is 0 Å². The number of carbonyl (C=O) groups excluding carboxylic acids is 2. The molecular formula is C17H25N3O5S. The van der Waals surface area contributed by atoms with Gasteiger partial charge in [-0.3, -0.25) is 4.79 Å². The molecule has 1 atom stereocenters. The Kier molecular flexibility index (Phi) is 6.60. The molecular weight excluding hydrogens is 358 g/mol. The van der Waals surface area contributed by atoms with E-state index in [9.17, 15) is 18.0 Å². The van der Waals surface area contributed by atoms with Gasteiger partial charge in [0.15, 0.2) is 0 Å². The molecule has 0 bridgehead atoms. The molecule has 1 aliphatic rings. The molecule has 0 unspecified atom stereocenters. The number of amides is 2. The first-order valence-electron chi connectivity index (χ1n) is 8.54. The van der Waals surface area contributed by atoms with E-state index in [1.165, 1.54) is 17.9 Å². The van der Waals surface area contributed by atoms with E-state index in [1.807, 2.05) is 0 Å². The number of nitrogens with one attached hydrogen (secondary N) is 1. The molecule has 1 aliphatic heterocycles. The lowest BCUT2D eigenvalue weighted by Gasteiger charge is -2.35. The van der Waals surface area contributed by atoms with Crippen molar-refractivity contribution in [1.82, 2.24) is 14.5 Å². The van der Waals surface area contributed by atoms with Crippen LogP contribution in [0.25, 0.3) is 0 Å². The van der Waals surface area contributed by atoms with Crippen molar-refractivity contribution in [1.29, 1.82) is 0 Å². The molecule has 1 heterocycles. The van der Waals surface area contributed by atoms with Crippen molar-refractivity contribution in [3.05, 3.63) is 29.8 Å². The number of rotatable bonds is 5. The molecule has 0 radical (unpaired) electrons. The fraction of sp³-hybridized carbons (Fsp3) is 0.529. The maximum absolute atomic E-state index is 12.5. The maximum Gasteiger partial charge on any atom is 0.409 e. The minimum absolute atomic E-state index is 0.129. The van der Waals surface area contributed by atoms with E-state index in [-0.39, 0.29) is 10.8 Å². The molecule has 1 N–H and O–H groups in total. The van der Waals surface area contributed by atoms with Gasteiger partial charge in [0.1, 0.15) is 0 Å². The summed E-state index contributed by atoms with van der Waals surface area (Å²) in [4.78, 5) is 27.4. The van der Waals surface area contributed by atoms with Crippen molar-refractivity contribution < 1.29 is 22.7 Å². The van der Waals surface area contributed by atoms with Gasteiger partial charge < -0.3 is 14.5 Å². The van der Waals surface area contributed by atoms with E-state index in [0.29, 0.717) is 32.8 Å². The predicted octanol–water partition coefficient (Wildman–Crippen LogP) is 0.963. The topological polar surface area (TPSA) is 96.0 Å². The number of sulfonamides is 1. The normalized spacial score (nSPS) is 16.3. The molecule has 2 amide bonds. The number of hydrogen-bond acceptors (Lipinski definition) is 5. The Morgan fingerprint density at radius 2 is 1.81 bits per heavy atom. The summed E-state index contributed by atoms with van der Waals surface area (Å²) >= 11 is 0. The lowest BCUT2D eigenvalue weighted by Crippen LogP contribution is -2.55. The molecule has 1 aromatic rings. The van der Waals surface area contributed by atoms with Crippen molar-refractivity contribution in [3.63, 3.8) is 0 Å². The summed E-state index contributed by atoms with van der Waals surface area (Å²) in [6.07, 6.45) is -0.396. The van der Waals surface area contributed by atoms with Crippen molar-refractivity contribution in [2.75, 3.05) is 32.8 Å². The van der Waals surface area contributed by atoms with Gasteiger partial charge in [-0.2, -0.15) is 4.72 Å². The van der Waals surface area contributed by atoms with Gasteiger partial charge >= 0.3 is 6.09 Å². The van der Waals surface area contributed by atoms with Crippen LogP contribution < -0.4 is 4.72 Å². The van der Waals surface area contributed by atoms with Crippen molar-refractivity contribution in [2.24, 2.45) is 0 Å². The number of piperazine rings is 1. The minimum atomic E-state index is -3.78. The zero-order valence-corrected chi connectivity index (χ0v) is 16.1. The molecule has 1 fully saturated rings. The van der Waals surface area contributed by atoms with E-state index in [0.717, 1.165) is 5.56 Å². The Morgan fingerprint density at radius 3 is 2.38 bits per heavy atom. The van der Waals surface area contributed by atoms with Gasteiger partial charge in [0.2, 0.25) is 15.9 Å². The first-order valence-corrected chi connectivity index (χ1v) is 10.0. The van der Waals surface area contributed by atoms with Crippen LogP contribution in [0.4, 0.5) is 4.79 Å². The second-order valence-electron chi connectivity index (χ2n) is 6.17. The molecule has 8 nitrogen and oxygen atoms in total. The zero-order chi connectivity index (χ0) is 19.3. The highest BCUT2D eigenvalue weighted by Gasteiger charge is 2.29. The third kappa shape index (κ3) is 4.95. The number of ether oxygens (including phenoxy) is 1. The standard InChI is InChI=1S/C17H25N3O5S/c1-4-25-17(22)20-10-8-19(9-11-20)16(21)14(3)18-26(23,24)15-7-5-6-13(2)12-15/h5-7,12,14,18H,4,8-11H2,1-3H3/t14-/m0/s1. The minimum Gasteiger partial charge on any atom is -0.450 e. The maximum atomic E-state index is 12.5. The third-order valence-corrected chi connectivity index (χ3v) is 5.66. The van der Waals surface area contributed by atoms with E-state index in [2.05, 4.69) is 4.72 Å². The molecule has 2 rings (SSSR count). The molecule has 0 aliphatic carbocycles. The highest BCUT2D eigenvalue weighted by atomic mass is 32.2. The van der Waals surface area contributed by atoms with Gasteiger partial charge in [-0.15, -0.1) is 0 Å². The van der Waals surface area contributed by atoms with Crippen LogP contribution in [0.1, 0.15) is 19.4 Å². The highest BCUT2D eigenvalue weighted by molar-refractivity contribution is 7.89. The van der Waals surface area contributed by atoms with Gasteiger partial charge in [0.25, 0.3) is 0 Å². The second-order valence-corrected chi connectivity index (χ2v) is 7.88. The lowest BCUT2D eigenvalue weighted by atomic mass is 10.2. The van der Waals surface area contributed by atoms with E-state index in [1.54, 1.807) is 36.9 Å². The van der Waals surface area contributed by atoms with Crippen LogP contribution >= 0.6 is 0 Å². The summed E-state index contributed by atoms with van der Waals surface area (Å²) < 4.78 is 32.3. The Labute approximate surface area is 154 Å². The SMILES string of the molecule is CCOC(=O)N1CCN(C(=O)[C@H](C)NS(=O)(=O)c2cccc(C)c2)CC1. The molecule has 1 aromatic carbocycles. The first-order chi connectivity index (χ1) is 12.2. The van der Waals surface area contributed by atoms with Crippen LogP contribution in [-0.2, 0) is 19.6 Å². The van der Waals surface area contributed by atoms with Gasteiger partial charge in [-0.25, -0.2) is 13.2 Å². The number of nitrogens with zero attached hydrogens (tertiary/aromatic N) is 2. The fourth-order valence-electron chi connectivity index (χ4n) is 2.73. The van der Waals surface area contributed by atoms with Crippen LogP contribution in [0.3, 0.4) is 0 Å². The van der Waals surface area contributed by atoms with Gasteiger partial charge in [0, 0.05) is 26.2 Å². The number of hydrogen-bond donors (Lipinski definition) is 1. The molecule has 0 saturated carbocycles. The van der Waals surface area contributed by atoms with Crippen LogP contribution in [0.15, 0.2) is 29.2 Å². The molecule has 0 spiro atoms. The lowest BCUT2D eigenvalue weighted by molar-refractivity contribution is -0.134. The Hall–Kier alpha value is -2.13. The number of benzene rings is 1. The number of aryl methyl sites for hydroxylation is 1. The molecule has 1 saturated heterocycles. The Balaban J connectivity index is 1.95. The summed E-state index contributed by atoms with van der Waals surface area (Å²) in [5.41, 5.74) is 0.821. The van der Waals surface area contributed by atoms with E-state index >= 15 is 0 Å². The first kappa shape index (κ1) is 20.2. The Morgan fingerprint density at radius 1 is 1.19 bits per heavy atom. The van der Waals surface area contributed by atoms with Crippen LogP contribution in [0, 0.1) is 6.92 Å². The molecule has 144 valence electrons. The van der Waals surface area contributed by atoms with Crippen molar-refractivity contribution >= 4 is 22.0 Å². The summed E-state index contributed by atoms with van der Waals surface area (Å²) in [6, 6.07) is 5.61. The second kappa shape index (κ2) is 8.50. The van der Waals surface area contributed by atoms with E-state index < -0.39 is 22.2 Å². The molecule has 9 heteroatoms. The average molecular weight is 383 g/mol. The fourth-order valence-corrected chi connectivity index (χ4v) is 4.03. The summed E-state index contributed by atoms with van der Waals surface area (Å²) in [7, 11) is -3.78. The predicted molar refractivity (Wildman–Crippen MR) is 96.1 cm³/mol. The van der Waals surface area contributed by atoms with Gasteiger partial charge in [-0.05, 0) is 38.5 Å². The van der Waals surface area contributed by atoms with Crippen molar-refractivity contribution in [2.45, 2.75) is 31.7 Å². The largest absolute Gasteiger partial charge is 0.450 e. The van der Waals surface area contributed by atoms with Gasteiger partial charge in [-0.1, -0.05) is 12.1 Å². The molecule has 0 aromatic heterocycles. The van der Waals surface area contributed by atoms with Gasteiger partial charge in [0.05, 0.1) is 17.5 Å². The van der Waals surface area contributed by atoms with Crippen LogP contribution in [-0.4, -0.2) is 69.0 Å². The monoisotopic (exact) mass is 383 g/mol. The smallest absolute Gasteiger partial charge is 0.409 e. The average Bonchev–Trinajstić information content (AvgIpc) is 2.61. The quantitative estimate of drug-likeness (QED) is 0.817. The van der Waals surface area contributed by atoms with E-state index in [4.69, 9.17) is 4.74 Å². The summed E-state index contributed by atoms with van der Waals surface area (Å²) in [5.74, 6) is -0.315. The summed E-state index contributed by atoms with van der Waals surface area (Å²) in [5, 5.41) is 0. The zero-order valence-electron chi connectivity index (χ0n) is 15.3. The highest BCUT2D eigenvalue weighted by Crippen LogP contribution is 2.12. The molecule has 26 heavy (non-hydrogen) atoms. The number of carbonyl (C=O) groups is 2. The Bertz CT molecular complexity index is 757.